The molecular weight excluding hydrogens is 332 g/mol. The average Bonchev–Trinajstić information content (AvgIpc) is 2.40. The number of ether oxygens (including phenoxy) is 1. The molecule has 0 aliphatic heterocycles. The number of phenols is 2. The summed E-state index contributed by atoms with van der Waals surface area (Å²) in [5, 5.41) is 21.2. The highest BCUT2D eigenvalue weighted by molar-refractivity contribution is 9.10. The number of hydrogen-bond donors (Lipinski definition) is 2. The summed E-state index contributed by atoms with van der Waals surface area (Å²) in [4.78, 5) is 11.5. The van der Waals surface area contributed by atoms with Crippen molar-refractivity contribution in [2.75, 3.05) is 12.9 Å². The molecule has 0 aromatic heterocycles. The number of methoxy groups -OCH3 is 1. The first kappa shape index (κ1) is 14.0. The second kappa shape index (κ2) is 5.71. The van der Waals surface area contributed by atoms with Crippen molar-refractivity contribution in [1.29, 1.82) is 0 Å². The lowest BCUT2D eigenvalue weighted by molar-refractivity contribution is -0.137. The van der Waals surface area contributed by atoms with Crippen molar-refractivity contribution in [1.82, 2.24) is 0 Å². The van der Waals surface area contributed by atoms with Gasteiger partial charge in [-0.15, -0.1) is 11.8 Å². The number of thioether (sulfide) groups is 1. The van der Waals surface area contributed by atoms with E-state index in [9.17, 15) is 15.0 Å². The number of hydrogen-bond acceptors (Lipinski definition) is 5. The van der Waals surface area contributed by atoms with Gasteiger partial charge in [-0.2, -0.15) is 0 Å². The highest BCUT2D eigenvalue weighted by Crippen LogP contribution is 2.41. The normalized spacial score (nSPS) is 10.6. The summed E-state index contributed by atoms with van der Waals surface area (Å²) < 4.78 is 5.35. The molecule has 4 nitrogen and oxygen atoms in total. The lowest BCUT2D eigenvalue weighted by Gasteiger charge is -2.09. The Morgan fingerprint density at radius 2 is 2.05 bits per heavy atom. The van der Waals surface area contributed by atoms with E-state index < -0.39 is 0 Å². The number of rotatable bonds is 3. The monoisotopic (exact) mass is 342 g/mol. The van der Waals surface area contributed by atoms with E-state index in [4.69, 9.17) is 0 Å². The van der Waals surface area contributed by atoms with Gasteiger partial charge in [0.05, 0.1) is 17.8 Å². The fourth-order valence-corrected chi connectivity index (χ4v) is 2.84. The fourth-order valence-electron chi connectivity index (χ4n) is 1.64. The molecule has 2 aromatic carbocycles. The molecule has 0 aliphatic carbocycles. The fraction of sp³-hybridized carbons (Fsp3) is 0.154. The van der Waals surface area contributed by atoms with E-state index in [2.05, 4.69) is 20.7 Å². The molecule has 0 atom stereocenters. The molecule has 19 heavy (non-hydrogen) atoms. The quantitative estimate of drug-likeness (QED) is 0.509. The molecular formula is C13H11BrO4S. The summed E-state index contributed by atoms with van der Waals surface area (Å²) in [5.74, 6) is -0.207. The van der Waals surface area contributed by atoms with E-state index in [1.54, 1.807) is 18.2 Å². The number of halogens is 1. The van der Waals surface area contributed by atoms with Gasteiger partial charge < -0.3 is 14.9 Å². The Morgan fingerprint density at radius 1 is 1.32 bits per heavy atom. The van der Waals surface area contributed by atoms with Crippen LogP contribution in [0.4, 0.5) is 0 Å². The predicted molar refractivity (Wildman–Crippen MR) is 77.7 cm³/mol. The Hall–Kier alpha value is -1.40. The first-order valence-electron chi connectivity index (χ1n) is 5.36. The van der Waals surface area contributed by atoms with Crippen LogP contribution in [0.3, 0.4) is 0 Å². The van der Waals surface area contributed by atoms with E-state index in [0.717, 1.165) is 16.2 Å². The minimum Gasteiger partial charge on any atom is -0.507 e. The molecule has 6 heteroatoms. The van der Waals surface area contributed by atoms with Crippen molar-refractivity contribution in [3.05, 3.63) is 28.7 Å². The van der Waals surface area contributed by atoms with Crippen LogP contribution in [0.25, 0.3) is 10.8 Å². The Labute approximate surface area is 122 Å². The molecule has 0 bridgehead atoms. The summed E-state index contributed by atoms with van der Waals surface area (Å²) >= 11 is 4.43. The smallest absolute Gasteiger partial charge is 0.315 e. The third-order valence-corrected chi connectivity index (χ3v) is 4.08. The van der Waals surface area contributed by atoms with Gasteiger partial charge in [-0.25, -0.2) is 0 Å². The summed E-state index contributed by atoms with van der Waals surface area (Å²) in [7, 11) is 1.30. The molecule has 0 unspecified atom stereocenters. The van der Waals surface area contributed by atoms with Crippen LogP contribution in [0.1, 0.15) is 0 Å². The molecule has 100 valence electrons. The molecule has 0 fully saturated rings. The second-order valence-electron chi connectivity index (χ2n) is 3.80. The third kappa shape index (κ3) is 2.96. The Kier molecular flexibility index (Phi) is 4.21. The first-order chi connectivity index (χ1) is 9.02. The zero-order valence-corrected chi connectivity index (χ0v) is 12.4. The van der Waals surface area contributed by atoms with Gasteiger partial charge in [0.2, 0.25) is 0 Å². The van der Waals surface area contributed by atoms with E-state index in [1.165, 1.54) is 13.2 Å². The summed E-state index contributed by atoms with van der Waals surface area (Å²) in [6.07, 6.45) is 0. The molecule has 0 heterocycles. The zero-order chi connectivity index (χ0) is 14.0. The number of aromatic hydroxyl groups is 2. The van der Waals surface area contributed by atoms with Crippen LogP contribution in [0.15, 0.2) is 33.6 Å². The highest BCUT2D eigenvalue weighted by Gasteiger charge is 2.13. The molecule has 0 saturated heterocycles. The number of phenolic OH excluding ortho intramolecular Hbond substituents is 2. The standard InChI is InChI=1S/C13H11BrO4S/c1-18-12(16)6-19-11-5-10(15)9-4-7(14)2-3-8(9)13(11)17/h2-5,15,17H,6H2,1H3. The first-order valence-corrected chi connectivity index (χ1v) is 7.14. The van der Waals surface area contributed by atoms with Crippen molar-refractivity contribution in [2.24, 2.45) is 0 Å². The van der Waals surface area contributed by atoms with Crippen molar-refractivity contribution in [3.8, 4) is 11.5 Å². The van der Waals surface area contributed by atoms with Crippen LogP contribution >= 0.6 is 27.7 Å². The van der Waals surface area contributed by atoms with Crippen LogP contribution in [0.5, 0.6) is 11.5 Å². The minimum absolute atomic E-state index is 0.0502. The number of fused-ring (bicyclic) bond motifs is 1. The molecule has 0 aliphatic rings. The number of carbonyl (C=O) groups excluding carboxylic acids is 1. The molecule has 0 amide bonds. The number of esters is 1. The lowest BCUT2D eigenvalue weighted by Crippen LogP contribution is -2.02. The van der Waals surface area contributed by atoms with E-state index >= 15 is 0 Å². The topological polar surface area (TPSA) is 66.8 Å². The maximum absolute atomic E-state index is 11.1. The van der Waals surface area contributed by atoms with Crippen LogP contribution in [-0.2, 0) is 9.53 Å². The molecule has 0 radical (unpaired) electrons. The van der Waals surface area contributed by atoms with Crippen molar-refractivity contribution in [3.63, 3.8) is 0 Å². The van der Waals surface area contributed by atoms with Crippen molar-refractivity contribution >= 4 is 44.4 Å². The molecule has 0 saturated carbocycles. The van der Waals surface area contributed by atoms with Gasteiger partial charge >= 0.3 is 5.97 Å². The van der Waals surface area contributed by atoms with Crippen LogP contribution < -0.4 is 0 Å². The maximum atomic E-state index is 11.1. The van der Waals surface area contributed by atoms with Crippen molar-refractivity contribution < 1.29 is 19.7 Å². The highest BCUT2D eigenvalue weighted by atomic mass is 79.9. The lowest BCUT2D eigenvalue weighted by atomic mass is 10.1. The van der Waals surface area contributed by atoms with Crippen LogP contribution in [0, 0.1) is 0 Å². The molecule has 2 rings (SSSR count). The van der Waals surface area contributed by atoms with E-state index in [-0.39, 0.29) is 23.2 Å². The summed E-state index contributed by atoms with van der Waals surface area (Å²) in [5.41, 5.74) is 0. The minimum atomic E-state index is -0.389. The molecule has 2 N–H and O–H groups in total. The van der Waals surface area contributed by atoms with Gasteiger partial charge in [-0.05, 0) is 24.3 Å². The Bertz CT molecular complexity index is 642. The zero-order valence-electron chi connectivity index (χ0n) is 10.0. The SMILES string of the molecule is COC(=O)CSc1cc(O)c2cc(Br)ccc2c1O. The van der Waals surface area contributed by atoms with Gasteiger partial charge in [0.25, 0.3) is 0 Å². The Morgan fingerprint density at radius 3 is 2.74 bits per heavy atom. The summed E-state index contributed by atoms with van der Waals surface area (Å²) in [6.45, 7) is 0. The van der Waals surface area contributed by atoms with Gasteiger partial charge in [0.15, 0.2) is 0 Å². The number of benzene rings is 2. The summed E-state index contributed by atoms with van der Waals surface area (Å²) in [6, 6.07) is 6.64. The molecule has 2 aromatic rings. The predicted octanol–water partition coefficient (Wildman–Crippen LogP) is 3.28. The van der Waals surface area contributed by atoms with Crippen LogP contribution in [-0.4, -0.2) is 29.0 Å². The van der Waals surface area contributed by atoms with Gasteiger partial charge in [-0.3, -0.25) is 4.79 Å². The van der Waals surface area contributed by atoms with Crippen molar-refractivity contribution in [2.45, 2.75) is 4.90 Å². The number of carbonyl (C=O) groups is 1. The van der Waals surface area contributed by atoms with E-state index in [1.807, 2.05) is 0 Å². The second-order valence-corrected chi connectivity index (χ2v) is 5.73. The van der Waals surface area contributed by atoms with E-state index in [0.29, 0.717) is 15.7 Å². The largest absolute Gasteiger partial charge is 0.507 e. The van der Waals surface area contributed by atoms with Gasteiger partial charge in [-0.1, -0.05) is 15.9 Å². The molecule has 0 spiro atoms. The Balaban J connectivity index is 2.44. The maximum Gasteiger partial charge on any atom is 0.315 e. The third-order valence-electron chi connectivity index (χ3n) is 2.59. The van der Waals surface area contributed by atoms with Gasteiger partial charge in [0.1, 0.15) is 11.5 Å². The van der Waals surface area contributed by atoms with Gasteiger partial charge in [0, 0.05) is 15.2 Å². The van der Waals surface area contributed by atoms with Crippen LogP contribution in [0.2, 0.25) is 0 Å². The average molecular weight is 343 g/mol.